The van der Waals surface area contributed by atoms with Gasteiger partial charge in [-0.15, -0.1) is 11.3 Å². The van der Waals surface area contributed by atoms with E-state index in [0.29, 0.717) is 0 Å². The minimum absolute atomic E-state index is 0.0834. The van der Waals surface area contributed by atoms with Crippen LogP contribution in [0.1, 0.15) is 5.56 Å². The van der Waals surface area contributed by atoms with E-state index in [1.807, 2.05) is 17.5 Å². The molecular formula is C15H9F3N2OS. The Balaban J connectivity index is 1.73. The number of alkyl halides is 3. The number of hydrogen-bond acceptors (Lipinski definition) is 4. The van der Waals surface area contributed by atoms with Crippen molar-refractivity contribution in [2.45, 2.75) is 6.18 Å². The van der Waals surface area contributed by atoms with Gasteiger partial charge in [0.1, 0.15) is 5.75 Å². The molecule has 3 rings (SSSR count). The van der Waals surface area contributed by atoms with Gasteiger partial charge in [-0.2, -0.15) is 13.2 Å². The maximum atomic E-state index is 12.5. The Morgan fingerprint density at radius 2 is 1.64 bits per heavy atom. The van der Waals surface area contributed by atoms with E-state index in [9.17, 15) is 13.2 Å². The van der Waals surface area contributed by atoms with Gasteiger partial charge < -0.3 is 4.74 Å². The zero-order valence-corrected chi connectivity index (χ0v) is 11.9. The highest BCUT2D eigenvalue weighted by Gasteiger charge is 2.30. The third kappa shape index (κ3) is 3.25. The van der Waals surface area contributed by atoms with Crippen LogP contribution in [0.3, 0.4) is 0 Å². The average molecular weight is 322 g/mol. The summed E-state index contributed by atoms with van der Waals surface area (Å²) in [6.07, 6.45) is -1.14. The van der Waals surface area contributed by atoms with Crippen LogP contribution in [0.4, 0.5) is 13.2 Å². The zero-order valence-electron chi connectivity index (χ0n) is 11.0. The molecule has 112 valence electrons. The van der Waals surface area contributed by atoms with Crippen LogP contribution in [0, 0.1) is 0 Å². The lowest BCUT2D eigenvalue weighted by atomic mass is 10.2. The highest BCUT2D eigenvalue weighted by atomic mass is 32.1. The number of halogens is 3. The predicted octanol–water partition coefficient (Wildman–Crippen LogP) is 5.02. The molecule has 0 amide bonds. The molecule has 0 aliphatic rings. The minimum Gasteiger partial charge on any atom is -0.424 e. The van der Waals surface area contributed by atoms with E-state index in [-0.39, 0.29) is 11.8 Å². The maximum Gasteiger partial charge on any atom is 0.416 e. The molecule has 0 bridgehead atoms. The molecule has 2 heterocycles. The Morgan fingerprint density at radius 3 is 2.18 bits per heavy atom. The standard InChI is InChI=1S/C15H9F3N2OS/c16-15(17,18)11-3-5-12(6-4-11)21-14-19-8-10(9-20-14)13-2-1-7-22-13/h1-9H. The first-order chi connectivity index (χ1) is 10.5. The molecule has 0 saturated carbocycles. The van der Waals surface area contributed by atoms with Crippen molar-refractivity contribution in [2.75, 3.05) is 0 Å². The summed E-state index contributed by atoms with van der Waals surface area (Å²) in [6, 6.07) is 8.33. The van der Waals surface area contributed by atoms with Crippen LogP contribution in [0.2, 0.25) is 0 Å². The van der Waals surface area contributed by atoms with E-state index in [4.69, 9.17) is 4.74 Å². The summed E-state index contributed by atoms with van der Waals surface area (Å²) in [6.45, 7) is 0. The van der Waals surface area contributed by atoms with Gasteiger partial charge in [-0.1, -0.05) is 6.07 Å². The number of thiophene rings is 1. The van der Waals surface area contributed by atoms with Gasteiger partial charge in [0.05, 0.1) is 5.56 Å². The van der Waals surface area contributed by atoms with Gasteiger partial charge in [0.15, 0.2) is 0 Å². The number of nitrogens with zero attached hydrogens (tertiary/aromatic N) is 2. The second kappa shape index (κ2) is 5.76. The fourth-order valence-electron chi connectivity index (χ4n) is 1.76. The van der Waals surface area contributed by atoms with Crippen molar-refractivity contribution in [3.63, 3.8) is 0 Å². The molecule has 0 radical (unpaired) electrons. The van der Waals surface area contributed by atoms with Crippen LogP contribution in [-0.2, 0) is 6.18 Å². The van der Waals surface area contributed by atoms with Gasteiger partial charge in [0, 0.05) is 22.8 Å². The van der Waals surface area contributed by atoms with Crippen molar-refractivity contribution in [3.05, 3.63) is 59.7 Å². The lowest BCUT2D eigenvalue weighted by Crippen LogP contribution is -2.04. The van der Waals surface area contributed by atoms with Crippen LogP contribution < -0.4 is 4.74 Å². The van der Waals surface area contributed by atoms with Crippen LogP contribution in [-0.4, -0.2) is 9.97 Å². The molecule has 0 aliphatic heterocycles. The molecule has 0 unspecified atom stereocenters. The third-order valence-corrected chi connectivity index (χ3v) is 3.74. The lowest BCUT2D eigenvalue weighted by Gasteiger charge is -2.08. The summed E-state index contributed by atoms with van der Waals surface area (Å²) in [4.78, 5) is 9.13. The van der Waals surface area contributed by atoms with E-state index in [2.05, 4.69) is 9.97 Å². The average Bonchev–Trinajstić information content (AvgIpc) is 3.02. The second-order valence-corrected chi connectivity index (χ2v) is 5.30. The normalized spacial score (nSPS) is 11.4. The highest BCUT2D eigenvalue weighted by Crippen LogP contribution is 2.31. The molecule has 0 saturated heterocycles. The quantitative estimate of drug-likeness (QED) is 0.679. The summed E-state index contributed by atoms with van der Waals surface area (Å²) in [5.74, 6) is 0.247. The highest BCUT2D eigenvalue weighted by molar-refractivity contribution is 7.13. The largest absolute Gasteiger partial charge is 0.424 e. The Labute approximate surface area is 128 Å². The molecule has 7 heteroatoms. The number of rotatable bonds is 3. The Kier molecular flexibility index (Phi) is 3.81. The first-order valence-electron chi connectivity index (χ1n) is 6.23. The van der Waals surface area contributed by atoms with E-state index in [1.54, 1.807) is 23.7 Å². The Bertz CT molecular complexity index is 738. The van der Waals surface area contributed by atoms with Crippen molar-refractivity contribution in [3.8, 4) is 22.2 Å². The van der Waals surface area contributed by atoms with Gasteiger partial charge in [-0.05, 0) is 35.7 Å². The smallest absolute Gasteiger partial charge is 0.416 e. The molecule has 22 heavy (non-hydrogen) atoms. The van der Waals surface area contributed by atoms with E-state index < -0.39 is 11.7 Å². The summed E-state index contributed by atoms with van der Waals surface area (Å²) >= 11 is 1.56. The van der Waals surface area contributed by atoms with Crippen molar-refractivity contribution in [1.29, 1.82) is 0 Å². The fraction of sp³-hybridized carbons (Fsp3) is 0.0667. The number of hydrogen-bond donors (Lipinski definition) is 0. The van der Waals surface area contributed by atoms with Crippen LogP contribution in [0.25, 0.3) is 10.4 Å². The Hall–Kier alpha value is -2.41. The number of benzene rings is 1. The molecule has 2 aromatic heterocycles. The summed E-state index contributed by atoms with van der Waals surface area (Å²) in [5.41, 5.74) is 0.128. The van der Waals surface area contributed by atoms with E-state index in [0.717, 1.165) is 22.6 Å². The molecule has 3 aromatic rings. The number of aromatic nitrogens is 2. The zero-order chi connectivity index (χ0) is 15.6. The third-order valence-electron chi connectivity index (χ3n) is 2.82. The van der Waals surface area contributed by atoms with Crippen molar-refractivity contribution in [1.82, 2.24) is 9.97 Å². The minimum atomic E-state index is -4.36. The number of ether oxygens (including phenoxy) is 1. The first kappa shape index (κ1) is 14.5. The summed E-state index contributed by atoms with van der Waals surface area (Å²) < 4.78 is 42.7. The van der Waals surface area contributed by atoms with Crippen molar-refractivity contribution < 1.29 is 17.9 Å². The van der Waals surface area contributed by atoms with Crippen LogP contribution in [0.15, 0.2) is 54.2 Å². The molecule has 0 atom stereocenters. The predicted molar refractivity (Wildman–Crippen MR) is 76.9 cm³/mol. The molecule has 0 spiro atoms. The van der Waals surface area contributed by atoms with Crippen molar-refractivity contribution in [2.24, 2.45) is 0 Å². The second-order valence-electron chi connectivity index (χ2n) is 4.36. The lowest BCUT2D eigenvalue weighted by molar-refractivity contribution is -0.137. The van der Waals surface area contributed by atoms with Gasteiger partial charge in [-0.3, -0.25) is 0 Å². The van der Waals surface area contributed by atoms with Gasteiger partial charge in [0.2, 0.25) is 0 Å². The van der Waals surface area contributed by atoms with Gasteiger partial charge in [0.25, 0.3) is 0 Å². The summed E-state index contributed by atoms with van der Waals surface area (Å²) in [7, 11) is 0. The van der Waals surface area contributed by atoms with Gasteiger partial charge in [-0.25, -0.2) is 9.97 Å². The topological polar surface area (TPSA) is 35.0 Å². The fourth-order valence-corrected chi connectivity index (χ4v) is 2.46. The van der Waals surface area contributed by atoms with Crippen molar-refractivity contribution >= 4 is 11.3 Å². The molecular weight excluding hydrogens is 313 g/mol. The maximum absolute atomic E-state index is 12.5. The first-order valence-corrected chi connectivity index (χ1v) is 7.11. The van der Waals surface area contributed by atoms with Crippen LogP contribution >= 0.6 is 11.3 Å². The van der Waals surface area contributed by atoms with E-state index in [1.165, 1.54) is 12.1 Å². The molecule has 0 aliphatic carbocycles. The monoisotopic (exact) mass is 322 g/mol. The Morgan fingerprint density at radius 1 is 0.955 bits per heavy atom. The molecule has 1 aromatic carbocycles. The van der Waals surface area contributed by atoms with Crippen LogP contribution in [0.5, 0.6) is 11.8 Å². The SMILES string of the molecule is FC(F)(F)c1ccc(Oc2ncc(-c3cccs3)cn2)cc1. The summed E-state index contributed by atoms with van der Waals surface area (Å²) in [5, 5.41) is 1.95. The van der Waals surface area contributed by atoms with Gasteiger partial charge >= 0.3 is 12.2 Å². The molecule has 0 fully saturated rings. The molecule has 0 N–H and O–H groups in total. The van der Waals surface area contributed by atoms with E-state index >= 15 is 0 Å². The molecule has 3 nitrogen and oxygen atoms in total.